The van der Waals surface area contributed by atoms with E-state index in [1.165, 1.54) is 40.9 Å². The number of halogens is 3. The number of aromatic nitrogens is 2. The first kappa shape index (κ1) is 25.4. The molecule has 0 saturated carbocycles. The van der Waals surface area contributed by atoms with Gasteiger partial charge in [-0.3, -0.25) is 14.5 Å². The molecular formula is C26H16Cl2FN3O3S2. The zero-order chi connectivity index (χ0) is 26.1. The molecular weight excluding hydrogens is 556 g/mol. The van der Waals surface area contributed by atoms with Gasteiger partial charge < -0.3 is 5.11 Å². The van der Waals surface area contributed by atoms with E-state index < -0.39 is 23.5 Å². The van der Waals surface area contributed by atoms with E-state index in [1.54, 1.807) is 30.3 Å². The highest BCUT2D eigenvalue weighted by Crippen LogP contribution is 2.44. The van der Waals surface area contributed by atoms with Crippen molar-refractivity contribution in [3.05, 3.63) is 111 Å². The molecule has 1 unspecified atom stereocenters. The topological polar surface area (TPSA) is 83.4 Å². The number of anilines is 1. The van der Waals surface area contributed by atoms with Crippen LogP contribution >= 0.6 is 46.3 Å². The lowest BCUT2D eigenvalue weighted by Crippen LogP contribution is -2.29. The van der Waals surface area contributed by atoms with E-state index >= 15 is 0 Å². The average molecular weight is 572 g/mol. The second-order valence-corrected chi connectivity index (χ2v) is 11.0. The van der Waals surface area contributed by atoms with Gasteiger partial charge in [-0.05, 0) is 53.6 Å². The molecule has 0 radical (unpaired) electrons. The molecule has 1 aliphatic rings. The van der Waals surface area contributed by atoms with Gasteiger partial charge in [0.05, 0.1) is 11.6 Å². The summed E-state index contributed by atoms with van der Waals surface area (Å²) >= 11 is 14.7. The molecule has 1 fully saturated rings. The molecule has 1 aliphatic heterocycles. The number of thioether (sulfide) groups is 1. The number of aliphatic hydroxyl groups is 1. The Hall–Kier alpha value is -3.24. The van der Waals surface area contributed by atoms with Crippen molar-refractivity contribution in [2.75, 3.05) is 4.90 Å². The molecule has 1 atom stereocenters. The molecule has 2 heterocycles. The molecule has 1 amide bonds. The summed E-state index contributed by atoms with van der Waals surface area (Å²) in [5, 5.41) is 20.7. The summed E-state index contributed by atoms with van der Waals surface area (Å²) in [5.74, 6) is -2.08. The predicted molar refractivity (Wildman–Crippen MR) is 144 cm³/mol. The molecule has 0 spiro atoms. The lowest BCUT2D eigenvalue weighted by atomic mass is 9.95. The summed E-state index contributed by atoms with van der Waals surface area (Å²) in [6.07, 6.45) is 0. The zero-order valence-corrected chi connectivity index (χ0v) is 21.9. The maximum atomic E-state index is 13.7. The van der Waals surface area contributed by atoms with Crippen molar-refractivity contribution in [3.63, 3.8) is 0 Å². The lowest BCUT2D eigenvalue weighted by molar-refractivity contribution is -0.132. The molecule has 37 heavy (non-hydrogen) atoms. The van der Waals surface area contributed by atoms with Crippen LogP contribution in [0.5, 0.6) is 0 Å². The molecule has 0 aliphatic carbocycles. The van der Waals surface area contributed by atoms with Crippen LogP contribution in [0.1, 0.15) is 22.7 Å². The normalized spacial score (nSPS) is 16.9. The molecule has 11 heteroatoms. The SMILES string of the molecule is O=C1C(=O)N(c2nnc(SCc3ccccc3Cl)s2)C(c2ccc(F)cc2)/C1=C(/O)c1ccc(Cl)cc1. The Morgan fingerprint density at radius 3 is 2.41 bits per heavy atom. The van der Waals surface area contributed by atoms with Crippen LogP contribution in [0.25, 0.3) is 5.76 Å². The number of carbonyl (C=O) groups excluding carboxylic acids is 2. The van der Waals surface area contributed by atoms with Crippen molar-refractivity contribution in [2.24, 2.45) is 0 Å². The van der Waals surface area contributed by atoms with Crippen LogP contribution in [0.3, 0.4) is 0 Å². The summed E-state index contributed by atoms with van der Waals surface area (Å²) < 4.78 is 14.3. The average Bonchev–Trinajstić information content (AvgIpc) is 3.46. The van der Waals surface area contributed by atoms with E-state index in [-0.39, 0.29) is 16.5 Å². The molecule has 6 nitrogen and oxygen atoms in total. The van der Waals surface area contributed by atoms with E-state index in [2.05, 4.69) is 10.2 Å². The van der Waals surface area contributed by atoms with Crippen LogP contribution in [-0.4, -0.2) is 27.0 Å². The van der Waals surface area contributed by atoms with Crippen molar-refractivity contribution in [2.45, 2.75) is 16.1 Å². The van der Waals surface area contributed by atoms with E-state index in [1.807, 2.05) is 18.2 Å². The standard InChI is InChI=1S/C26H16Cl2FN3O3S2/c27-17-9-5-15(6-10-17)22(33)20-21(14-7-11-18(29)12-8-14)32(24(35)23(20)34)25-30-31-26(37-25)36-13-16-3-1-2-4-19(16)28/h1-12,21,33H,13H2/b22-20-. The van der Waals surface area contributed by atoms with Crippen molar-refractivity contribution in [1.29, 1.82) is 0 Å². The maximum Gasteiger partial charge on any atom is 0.301 e. The Morgan fingerprint density at radius 2 is 1.70 bits per heavy atom. The molecule has 1 N–H and O–H groups in total. The second kappa shape index (κ2) is 10.6. The summed E-state index contributed by atoms with van der Waals surface area (Å²) in [5.41, 5.74) is 1.51. The number of nitrogens with zero attached hydrogens (tertiary/aromatic N) is 3. The zero-order valence-electron chi connectivity index (χ0n) is 18.8. The van der Waals surface area contributed by atoms with Crippen LogP contribution < -0.4 is 4.90 Å². The summed E-state index contributed by atoms with van der Waals surface area (Å²) in [4.78, 5) is 27.6. The molecule has 1 aromatic heterocycles. The Labute approximate surface area is 229 Å². The summed E-state index contributed by atoms with van der Waals surface area (Å²) in [6, 6.07) is 18.0. The molecule has 186 valence electrons. The van der Waals surface area contributed by atoms with Gasteiger partial charge in [-0.2, -0.15) is 0 Å². The number of hydrogen-bond acceptors (Lipinski definition) is 7. The van der Waals surface area contributed by atoms with Gasteiger partial charge in [-0.15, -0.1) is 10.2 Å². The van der Waals surface area contributed by atoms with Crippen molar-refractivity contribution in [1.82, 2.24) is 10.2 Å². The number of carbonyl (C=O) groups is 2. The van der Waals surface area contributed by atoms with Crippen molar-refractivity contribution < 1.29 is 19.1 Å². The maximum absolute atomic E-state index is 13.7. The van der Waals surface area contributed by atoms with E-state index in [9.17, 15) is 19.1 Å². The van der Waals surface area contributed by atoms with E-state index in [0.29, 0.717) is 31.3 Å². The monoisotopic (exact) mass is 571 g/mol. The smallest absolute Gasteiger partial charge is 0.301 e. The Morgan fingerprint density at radius 1 is 1.00 bits per heavy atom. The first-order valence-corrected chi connectivity index (χ1v) is 13.4. The predicted octanol–water partition coefficient (Wildman–Crippen LogP) is 6.90. The third kappa shape index (κ3) is 5.13. The largest absolute Gasteiger partial charge is 0.507 e. The van der Waals surface area contributed by atoms with Crippen LogP contribution in [0.15, 0.2) is 82.7 Å². The van der Waals surface area contributed by atoms with E-state index in [4.69, 9.17) is 23.2 Å². The minimum absolute atomic E-state index is 0.139. The van der Waals surface area contributed by atoms with Crippen LogP contribution in [0.2, 0.25) is 10.0 Å². The molecule has 3 aromatic carbocycles. The van der Waals surface area contributed by atoms with Crippen LogP contribution in [-0.2, 0) is 15.3 Å². The first-order valence-electron chi connectivity index (χ1n) is 10.9. The third-order valence-electron chi connectivity index (χ3n) is 5.66. The highest BCUT2D eigenvalue weighted by molar-refractivity contribution is 8.00. The fraction of sp³-hybridized carbons (Fsp3) is 0.0769. The van der Waals surface area contributed by atoms with E-state index in [0.717, 1.165) is 16.9 Å². The number of ketones is 1. The van der Waals surface area contributed by atoms with Crippen molar-refractivity contribution in [3.8, 4) is 0 Å². The Kier molecular flexibility index (Phi) is 7.30. The molecule has 5 rings (SSSR count). The molecule has 0 bridgehead atoms. The fourth-order valence-corrected chi connectivity index (χ4v) is 6.15. The fourth-order valence-electron chi connectivity index (χ4n) is 3.87. The second-order valence-electron chi connectivity index (χ2n) is 7.96. The first-order chi connectivity index (χ1) is 17.8. The minimum Gasteiger partial charge on any atom is -0.507 e. The highest BCUT2D eigenvalue weighted by atomic mass is 35.5. The minimum atomic E-state index is -1.04. The van der Waals surface area contributed by atoms with Gasteiger partial charge in [-0.1, -0.05) is 76.6 Å². The summed E-state index contributed by atoms with van der Waals surface area (Å²) in [6.45, 7) is 0. The number of amides is 1. The number of aliphatic hydroxyl groups excluding tert-OH is 1. The number of rotatable bonds is 6. The highest BCUT2D eigenvalue weighted by Gasteiger charge is 2.48. The van der Waals surface area contributed by atoms with Gasteiger partial charge in [0.1, 0.15) is 11.6 Å². The number of hydrogen-bond donors (Lipinski definition) is 1. The quantitative estimate of drug-likeness (QED) is 0.0890. The third-order valence-corrected chi connectivity index (χ3v) is 8.38. The summed E-state index contributed by atoms with van der Waals surface area (Å²) in [7, 11) is 0. The van der Waals surface area contributed by atoms with Gasteiger partial charge in [-0.25, -0.2) is 4.39 Å². The van der Waals surface area contributed by atoms with Gasteiger partial charge in [0.15, 0.2) is 4.34 Å². The van der Waals surface area contributed by atoms with Gasteiger partial charge >= 0.3 is 5.91 Å². The molecule has 4 aromatic rings. The van der Waals surface area contributed by atoms with Crippen LogP contribution in [0.4, 0.5) is 9.52 Å². The van der Waals surface area contributed by atoms with Gasteiger partial charge in [0.2, 0.25) is 5.13 Å². The number of benzene rings is 3. The lowest BCUT2D eigenvalue weighted by Gasteiger charge is -2.22. The molecule has 1 saturated heterocycles. The van der Waals surface area contributed by atoms with Gasteiger partial charge in [0.25, 0.3) is 5.78 Å². The number of Topliss-reactive ketones (excluding diaryl/α,β-unsaturated/α-hetero) is 1. The Bertz CT molecular complexity index is 1520. The Balaban J connectivity index is 1.54. The van der Waals surface area contributed by atoms with Gasteiger partial charge in [0, 0.05) is 21.4 Å². The van der Waals surface area contributed by atoms with Crippen molar-refractivity contribution >= 4 is 68.9 Å². The van der Waals surface area contributed by atoms with Crippen LogP contribution in [0, 0.1) is 5.82 Å².